The van der Waals surface area contributed by atoms with Gasteiger partial charge in [0, 0.05) is 35.0 Å². The molecule has 42 heavy (non-hydrogen) atoms. The Balaban J connectivity index is 1.65. The fraction of sp³-hybridized carbons (Fsp3) is 0.438. The molecule has 0 saturated carbocycles. The highest BCUT2D eigenvalue weighted by Gasteiger charge is 2.46. The number of urea groups is 1. The predicted molar refractivity (Wildman–Crippen MR) is 161 cm³/mol. The van der Waals surface area contributed by atoms with Gasteiger partial charge in [-0.2, -0.15) is 0 Å². The molecule has 3 atom stereocenters. The van der Waals surface area contributed by atoms with E-state index in [0.29, 0.717) is 22.7 Å². The molecule has 4 rings (SSSR count). The Morgan fingerprint density at radius 3 is 2.31 bits per heavy atom. The number of pyridine rings is 1. The number of carboxylic acids is 1. The van der Waals surface area contributed by atoms with E-state index in [0.717, 1.165) is 10.9 Å². The van der Waals surface area contributed by atoms with Gasteiger partial charge >= 0.3 is 12.0 Å². The van der Waals surface area contributed by atoms with Gasteiger partial charge in [-0.05, 0) is 38.3 Å². The highest BCUT2D eigenvalue weighted by Crippen LogP contribution is 2.35. The van der Waals surface area contributed by atoms with Gasteiger partial charge in [-0.3, -0.25) is 4.79 Å². The molecular weight excluding hydrogens is 536 g/mol. The number of fused-ring (bicyclic) bond motifs is 1. The lowest BCUT2D eigenvalue weighted by molar-refractivity contribution is -0.150. The van der Waals surface area contributed by atoms with Crippen LogP contribution in [0.4, 0.5) is 4.79 Å². The van der Waals surface area contributed by atoms with Crippen LogP contribution in [0.25, 0.3) is 22.2 Å². The largest absolute Gasteiger partial charge is 0.497 e. The number of ether oxygens (including phenoxy) is 2. The summed E-state index contributed by atoms with van der Waals surface area (Å²) >= 11 is 0. The molecule has 1 aliphatic rings. The molecule has 1 saturated heterocycles. The lowest BCUT2D eigenvalue weighted by Gasteiger charge is -2.35. The molecule has 3 amide bonds. The van der Waals surface area contributed by atoms with Crippen LogP contribution in [0.5, 0.6) is 11.5 Å². The number of likely N-dealkylation sites (tertiary alicyclic amines) is 1. The normalized spacial score (nSPS) is 17.9. The van der Waals surface area contributed by atoms with Crippen LogP contribution in [0.15, 0.2) is 54.6 Å². The standard InChI is InChI=1S/C32H40N4O6/c1-31(2,3)27(34-30(40)35-32(4,5)6)28(37)36-18-21(16-25(36)29(38)39)42-26-17-23(19-11-9-8-10-12-19)33-24-15-20(41-7)13-14-22(24)26/h8-15,17,21,25,27H,16,18H2,1-7H3,(H,38,39)(H2,34,35,40). The molecule has 1 aliphatic heterocycles. The molecule has 0 spiro atoms. The summed E-state index contributed by atoms with van der Waals surface area (Å²) in [5, 5.41) is 16.4. The van der Waals surface area contributed by atoms with Crippen molar-refractivity contribution >= 4 is 28.8 Å². The molecule has 0 radical (unpaired) electrons. The lowest BCUT2D eigenvalue weighted by Crippen LogP contribution is -2.60. The second-order valence-electron chi connectivity index (χ2n) is 12.7. The number of hydrogen-bond acceptors (Lipinski definition) is 6. The van der Waals surface area contributed by atoms with E-state index in [9.17, 15) is 19.5 Å². The van der Waals surface area contributed by atoms with Crippen LogP contribution in [0.1, 0.15) is 48.0 Å². The average Bonchev–Trinajstić information content (AvgIpc) is 3.34. The van der Waals surface area contributed by atoms with Crippen molar-refractivity contribution in [2.24, 2.45) is 5.41 Å². The van der Waals surface area contributed by atoms with E-state index in [2.05, 4.69) is 10.6 Å². The SMILES string of the molecule is COc1ccc2c(OC3CC(C(=O)O)N(C(=O)C(NC(=O)NC(C)(C)C)C(C)(C)C)C3)cc(-c3ccccc3)nc2c1. The van der Waals surface area contributed by atoms with E-state index in [1.54, 1.807) is 7.11 Å². The van der Waals surface area contributed by atoms with Gasteiger partial charge in [0.1, 0.15) is 29.7 Å². The fourth-order valence-electron chi connectivity index (χ4n) is 5.02. The van der Waals surface area contributed by atoms with Gasteiger partial charge in [0.15, 0.2) is 0 Å². The first-order valence-corrected chi connectivity index (χ1v) is 14.0. The van der Waals surface area contributed by atoms with Crippen LogP contribution in [-0.4, -0.2) is 70.3 Å². The van der Waals surface area contributed by atoms with E-state index < -0.39 is 47.0 Å². The Labute approximate surface area is 246 Å². The van der Waals surface area contributed by atoms with Crippen molar-refractivity contribution in [3.63, 3.8) is 0 Å². The first-order valence-electron chi connectivity index (χ1n) is 14.0. The number of nitrogens with zero attached hydrogens (tertiary/aromatic N) is 2. The minimum atomic E-state index is -1.13. The van der Waals surface area contributed by atoms with Gasteiger partial charge < -0.3 is 30.1 Å². The second kappa shape index (κ2) is 11.9. The summed E-state index contributed by atoms with van der Waals surface area (Å²) in [6, 6.07) is 14.4. The number of carbonyl (C=O) groups excluding carboxylic acids is 2. The number of carbonyl (C=O) groups is 3. The van der Waals surface area contributed by atoms with Crippen LogP contribution in [0, 0.1) is 5.41 Å². The number of nitrogens with one attached hydrogen (secondary N) is 2. The summed E-state index contributed by atoms with van der Waals surface area (Å²) in [6.07, 6.45) is -0.511. The summed E-state index contributed by atoms with van der Waals surface area (Å²) in [6.45, 7) is 11.0. The molecule has 3 N–H and O–H groups in total. The van der Waals surface area contributed by atoms with Gasteiger partial charge in [-0.25, -0.2) is 14.6 Å². The Hall–Kier alpha value is -4.34. The van der Waals surface area contributed by atoms with Crippen molar-refractivity contribution in [1.82, 2.24) is 20.5 Å². The molecule has 10 nitrogen and oxygen atoms in total. The number of carboxylic acid groups (broad SMARTS) is 1. The molecule has 2 aromatic carbocycles. The maximum absolute atomic E-state index is 13.9. The molecule has 3 aromatic rings. The number of methoxy groups -OCH3 is 1. The first-order chi connectivity index (χ1) is 19.7. The van der Waals surface area contributed by atoms with Crippen LogP contribution < -0.4 is 20.1 Å². The number of aliphatic carboxylic acids is 1. The van der Waals surface area contributed by atoms with E-state index in [-0.39, 0.29) is 13.0 Å². The highest BCUT2D eigenvalue weighted by molar-refractivity contribution is 5.92. The van der Waals surface area contributed by atoms with Crippen LogP contribution >= 0.6 is 0 Å². The van der Waals surface area contributed by atoms with E-state index in [1.807, 2.05) is 96.1 Å². The number of hydrogen-bond donors (Lipinski definition) is 3. The fourth-order valence-corrected chi connectivity index (χ4v) is 5.02. The molecule has 1 aromatic heterocycles. The van der Waals surface area contributed by atoms with Gasteiger partial charge in [0.25, 0.3) is 0 Å². The third kappa shape index (κ3) is 7.10. The Morgan fingerprint density at radius 2 is 1.71 bits per heavy atom. The van der Waals surface area contributed by atoms with Gasteiger partial charge in [0.2, 0.25) is 5.91 Å². The van der Waals surface area contributed by atoms with Crippen LogP contribution in [0.3, 0.4) is 0 Å². The molecule has 1 fully saturated rings. The maximum Gasteiger partial charge on any atom is 0.326 e. The highest BCUT2D eigenvalue weighted by atomic mass is 16.5. The first kappa shape index (κ1) is 30.6. The Bertz CT molecular complexity index is 1460. The average molecular weight is 577 g/mol. The number of amides is 3. The second-order valence-corrected chi connectivity index (χ2v) is 12.7. The lowest BCUT2D eigenvalue weighted by atomic mass is 9.85. The zero-order chi connectivity index (χ0) is 30.8. The molecule has 2 heterocycles. The summed E-state index contributed by atoms with van der Waals surface area (Å²) in [4.78, 5) is 45.1. The number of aromatic nitrogens is 1. The van der Waals surface area contributed by atoms with Gasteiger partial charge in [-0.15, -0.1) is 0 Å². The molecule has 0 aliphatic carbocycles. The molecular formula is C32H40N4O6. The third-order valence-corrected chi connectivity index (χ3v) is 7.05. The molecule has 224 valence electrons. The Kier molecular flexibility index (Phi) is 8.65. The molecule has 10 heteroatoms. The van der Waals surface area contributed by atoms with Crippen molar-refractivity contribution in [3.05, 3.63) is 54.6 Å². The van der Waals surface area contributed by atoms with Crippen LogP contribution in [-0.2, 0) is 9.59 Å². The molecule has 3 unspecified atom stereocenters. The van der Waals surface area contributed by atoms with E-state index in [1.165, 1.54) is 4.90 Å². The van der Waals surface area contributed by atoms with E-state index >= 15 is 0 Å². The quantitative estimate of drug-likeness (QED) is 0.366. The van der Waals surface area contributed by atoms with Gasteiger partial charge in [-0.1, -0.05) is 51.1 Å². The van der Waals surface area contributed by atoms with Crippen molar-refractivity contribution in [2.75, 3.05) is 13.7 Å². The third-order valence-electron chi connectivity index (χ3n) is 7.05. The zero-order valence-electron chi connectivity index (χ0n) is 25.2. The number of rotatable bonds is 7. The maximum atomic E-state index is 13.9. The summed E-state index contributed by atoms with van der Waals surface area (Å²) in [5.74, 6) is -0.430. The number of benzene rings is 2. The zero-order valence-corrected chi connectivity index (χ0v) is 25.2. The summed E-state index contributed by atoms with van der Waals surface area (Å²) in [5.41, 5.74) is 1.05. The summed E-state index contributed by atoms with van der Waals surface area (Å²) in [7, 11) is 1.59. The van der Waals surface area contributed by atoms with Crippen molar-refractivity contribution in [1.29, 1.82) is 0 Å². The van der Waals surface area contributed by atoms with Gasteiger partial charge in [0.05, 0.1) is 24.9 Å². The predicted octanol–water partition coefficient (Wildman–Crippen LogP) is 4.86. The monoisotopic (exact) mass is 576 g/mol. The smallest absolute Gasteiger partial charge is 0.326 e. The Morgan fingerprint density at radius 1 is 1.02 bits per heavy atom. The van der Waals surface area contributed by atoms with Crippen LogP contribution in [0.2, 0.25) is 0 Å². The van der Waals surface area contributed by atoms with E-state index in [4.69, 9.17) is 14.5 Å². The minimum absolute atomic E-state index is 0.0472. The van der Waals surface area contributed by atoms with Crippen molar-refractivity contribution < 1.29 is 29.0 Å². The van der Waals surface area contributed by atoms with Crippen molar-refractivity contribution in [2.45, 2.75) is 71.7 Å². The van der Waals surface area contributed by atoms with Crippen molar-refractivity contribution in [3.8, 4) is 22.8 Å². The minimum Gasteiger partial charge on any atom is -0.497 e. The topological polar surface area (TPSA) is 130 Å². The summed E-state index contributed by atoms with van der Waals surface area (Å²) < 4.78 is 11.9. The molecule has 0 bridgehead atoms.